The number of hydrogen-bond acceptors (Lipinski definition) is 2. The Bertz CT molecular complexity index is 749. The van der Waals surface area contributed by atoms with Crippen LogP contribution in [0.5, 0.6) is 11.5 Å². The van der Waals surface area contributed by atoms with Crippen molar-refractivity contribution in [3.05, 3.63) is 34.9 Å². The molecule has 2 aliphatic rings. The van der Waals surface area contributed by atoms with Gasteiger partial charge in [-0.3, -0.25) is 0 Å². The van der Waals surface area contributed by atoms with E-state index in [0.29, 0.717) is 17.7 Å². The lowest BCUT2D eigenvalue weighted by molar-refractivity contribution is -0.0210. The van der Waals surface area contributed by atoms with E-state index >= 15 is 0 Å². The van der Waals surface area contributed by atoms with Crippen LogP contribution < -0.4 is 4.74 Å². The summed E-state index contributed by atoms with van der Waals surface area (Å²) in [5, 5.41) is 6.97. The van der Waals surface area contributed by atoms with Crippen molar-refractivity contribution >= 4 is 47.1 Å². The first kappa shape index (κ1) is 20.7. The Morgan fingerprint density at radius 2 is 1.78 bits per heavy atom. The second kappa shape index (κ2) is 6.78. The van der Waals surface area contributed by atoms with Crippen LogP contribution in [0.25, 0.3) is 0 Å². The van der Waals surface area contributed by atoms with Crippen molar-refractivity contribution < 1.29 is 9.84 Å². The Hall–Kier alpha value is -1.05. The molecule has 126 valence electrons. The van der Waals surface area contributed by atoms with E-state index in [0.717, 1.165) is 24.8 Å². The van der Waals surface area contributed by atoms with E-state index in [9.17, 15) is 5.11 Å². The molecule has 3 rings (SSSR count). The molecule has 8 heteroatoms. The highest BCUT2D eigenvalue weighted by atomic mass is 16.5. The van der Waals surface area contributed by atoms with Crippen LogP contribution in [0.3, 0.4) is 0 Å². The number of hydrogen-bond donors (Lipinski definition) is 1. The first-order valence-electron chi connectivity index (χ1n) is 9.37. The molecule has 2 nitrogen and oxygen atoms in total. The molecule has 1 aromatic rings. The SMILES string of the molecule is [B]C([B])([B])C1(C([B])([B])[B])Oc2cc(CCC)cc(O)c2C2C=C(C)CCC21. The van der Waals surface area contributed by atoms with Gasteiger partial charge in [-0.2, -0.15) is 0 Å². The van der Waals surface area contributed by atoms with E-state index in [4.69, 9.17) is 51.8 Å². The van der Waals surface area contributed by atoms with Crippen LogP contribution in [0.1, 0.15) is 50.2 Å². The van der Waals surface area contributed by atoms with E-state index in [-0.39, 0.29) is 11.7 Å². The van der Waals surface area contributed by atoms with Crippen molar-refractivity contribution in [3.63, 3.8) is 0 Å². The lowest BCUT2D eigenvalue weighted by Gasteiger charge is -2.64. The summed E-state index contributed by atoms with van der Waals surface area (Å²) in [7, 11) is 37.0. The molecule has 0 fully saturated rings. The summed E-state index contributed by atoms with van der Waals surface area (Å²) in [6.45, 7) is 4.09. The van der Waals surface area contributed by atoms with Gasteiger partial charge in [-0.1, -0.05) is 35.2 Å². The van der Waals surface area contributed by atoms with E-state index in [1.54, 1.807) is 6.07 Å². The Labute approximate surface area is 170 Å². The zero-order valence-electron chi connectivity index (χ0n) is 16.0. The zero-order valence-corrected chi connectivity index (χ0v) is 16.0. The van der Waals surface area contributed by atoms with Crippen LogP contribution >= 0.6 is 0 Å². The molecular formula is C19H20B6O2. The molecule has 1 aliphatic carbocycles. The van der Waals surface area contributed by atoms with Gasteiger partial charge in [-0.25, -0.2) is 0 Å². The maximum Gasteiger partial charge on any atom is 0.127 e. The summed E-state index contributed by atoms with van der Waals surface area (Å²) in [5.41, 5.74) is 1.14. The molecule has 27 heavy (non-hydrogen) atoms. The second-order valence-electron chi connectivity index (χ2n) is 8.16. The molecule has 0 spiro atoms. The first-order valence-corrected chi connectivity index (χ1v) is 9.37. The molecule has 0 saturated heterocycles. The summed E-state index contributed by atoms with van der Waals surface area (Å²) in [6, 6.07) is 3.63. The third-order valence-electron chi connectivity index (χ3n) is 5.88. The van der Waals surface area contributed by atoms with Crippen LogP contribution in [-0.4, -0.2) is 57.8 Å². The van der Waals surface area contributed by atoms with Crippen LogP contribution in [0.15, 0.2) is 23.8 Å². The monoisotopic (exact) mass is 346 g/mol. The molecule has 2 unspecified atom stereocenters. The van der Waals surface area contributed by atoms with Gasteiger partial charge in [0.2, 0.25) is 0 Å². The van der Waals surface area contributed by atoms with Gasteiger partial charge < -0.3 is 9.84 Å². The van der Waals surface area contributed by atoms with Gasteiger partial charge in [0.15, 0.2) is 0 Å². The quantitative estimate of drug-likeness (QED) is 0.669. The van der Waals surface area contributed by atoms with Gasteiger partial charge >= 0.3 is 0 Å². The Morgan fingerprint density at radius 1 is 1.15 bits per heavy atom. The standard InChI is InChI=1S/C19H20B6O2/c1-3-4-11-8-14(26)16-12-7-10(2)5-6-13(12)17(18(20,21)22,19(23,24)25)27-15(16)9-11/h7-9,12-13,26H,3-6H2,1-2H3. The molecule has 1 aliphatic heterocycles. The molecule has 0 amide bonds. The summed E-state index contributed by atoms with van der Waals surface area (Å²) in [5.74, 6) is -0.0687. The van der Waals surface area contributed by atoms with Gasteiger partial charge in [-0.05, 0) is 43.9 Å². The average molecular weight is 345 g/mol. The van der Waals surface area contributed by atoms with Crippen molar-refractivity contribution in [1.29, 1.82) is 0 Å². The van der Waals surface area contributed by atoms with Crippen molar-refractivity contribution in [2.75, 3.05) is 0 Å². The number of rotatable bonds is 4. The van der Waals surface area contributed by atoms with Crippen molar-refractivity contribution in [2.45, 2.75) is 61.3 Å². The summed E-state index contributed by atoms with van der Waals surface area (Å²) in [6.07, 6.45) is 5.17. The molecular weight excluding hydrogens is 325 g/mol. The van der Waals surface area contributed by atoms with Gasteiger partial charge in [0.25, 0.3) is 0 Å². The fourth-order valence-corrected chi connectivity index (χ4v) is 4.77. The van der Waals surface area contributed by atoms with Crippen molar-refractivity contribution in [3.8, 4) is 11.5 Å². The van der Waals surface area contributed by atoms with E-state index in [1.807, 2.05) is 13.0 Å². The summed E-state index contributed by atoms with van der Waals surface area (Å²) < 4.78 is 6.28. The highest BCUT2D eigenvalue weighted by molar-refractivity contribution is 6.65. The van der Waals surface area contributed by atoms with Gasteiger partial charge in [0, 0.05) is 17.4 Å². The zero-order chi connectivity index (χ0) is 20.2. The third kappa shape index (κ3) is 3.21. The Kier molecular flexibility index (Phi) is 5.19. The van der Waals surface area contributed by atoms with Gasteiger partial charge in [0.05, 0.1) is 52.7 Å². The van der Waals surface area contributed by atoms with Crippen molar-refractivity contribution in [1.82, 2.24) is 0 Å². The number of fused-ring (bicyclic) bond motifs is 3. The average Bonchev–Trinajstić information content (AvgIpc) is 2.51. The fourth-order valence-electron chi connectivity index (χ4n) is 4.77. The van der Waals surface area contributed by atoms with E-state index < -0.39 is 21.7 Å². The number of allylic oxidation sites excluding steroid dienone is 2. The number of phenols is 1. The van der Waals surface area contributed by atoms with Crippen LogP contribution in [0, 0.1) is 5.92 Å². The normalized spacial score (nSPS) is 24.3. The topological polar surface area (TPSA) is 29.5 Å². The second-order valence-corrected chi connectivity index (χ2v) is 8.16. The smallest absolute Gasteiger partial charge is 0.127 e. The first-order chi connectivity index (χ1) is 12.4. The number of ether oxygens (including phenoxy) is 1. The largest absolute Gasteiger partial charge is 0.507 e. The number of aryl methyl sites for hydroxylation is 1. The van der Waals surface area contributed by atoms with Crippen LogP contribution in [0.4, 0.5) is 0 Å². The Balaban J connectivity index is 2.30. The molecule has 0 saturated carbocycles. The van der Waals surface area contributed by atoms with Crippen molar-refractivity contribution in [2.24, 2.45) is 5.92 Å². The molecule has 0 bridgehead atoms. The molecule has 12 radical (unpaired) electrons. The van der Waals surface area contributed by atoms with E-state index in [1.165, 1.54) is 5.57 Å². The molecule has 0 aromatic heterocycles. The minimum Gasteiger partial charge on any atom is -0.507 e. The highest BCUT2D eigenvalue weighted by Gasteiger charge is 2.60. The summed E-state index contributed by atoms with van der Waals surface area (Å²) >= 11 is 0. The third-order valence-corrected chi connectivity index (χ3v) is 5.88. The number of aromatic hydroxyl groups is 1. The minimum absolute atomic E-state index is 0.166. The van der Waals surface area contributed by atoms with Gasteiger partial charge in [-0.15, -0.1) is 0 Å². The van der Waals surface area contributed by atoms with Gasteiger partial charge in [0.1, 0.15) is 11.5 Å². The van der Waals surface area contributed by atoms with E-state index in [2.05, 4.69) is 13.0 Å². The minimum atomic E-state index is -1.90. The molecule has 1 aromatic carbocycles. The molecule has 1 heterocycles. The maximum absolute atomic E-state index is 10.8. The maximum atomic E-state index is 10.8. The lowest BCUT2D eigenvalue weighted by Crippen LogP contribution is -2.66. The highest BCUT2D eigenvalue weighted by Crippen LogP contribution is 2.63. The molecule has 1 N–H and O–H groups in total. The Morgan fingerprint density at radius 3 is 2.33 bits per heavy atom. The predicted octanol–water partition coefficient (Wildman–Crippen LogP) is 2.07. The summed E-state index contributed by atoms with van der Waals surface area (Å²) in [4.78, 5) is 0. The van der Waals surface area contributed by atoms with Crippen LogP contribution in [0.2, 0.25) is 10.2 Å². The molecule has 2 atom stereocenters. The van der Waals surface area contributed by atoms with Crippen LogP contribution in [-0.2, 0) is 6.42 Å². The predicted molar refractivity (Wildman–Crippen MR) is 115 cm³/mol. The fraction of sp³-hybridized carbons (Fsp3) is 0.579. The number of benzene rings is 1. The number of phenolic OH excluding ortho intramolecular Hbond substituents is 1. The lowest BCUT2D eigenvalue weighted by atomic mass is 9.20.